The lowest BCUT2D eigenvalue weighted by Gasteiger charge is -2.60. The number of rotatable bonds is 0. The summed E-state index contributed by atoms with van der Waals surface area (Å²) in [7, 11) is 2.32. The Morgan fingerprint density at radius 1 is 1.21 bits per heavy atom. The lowest BCUT2D eigenvalue weighted by molar-refractivity contribution is -0.120. The van der Waals surface area contributed by atoms with E-state index in [0.717, 1.165) is 31.2 Å². The SMILES string of the molecule is CN1CC[C@@]23CCCC[C@@H]2[C@@H]1CC1=C3CC(=O)CC1. The summed E-state index contributed by atoms with van der Waals surface area (Å²) in [5, 5.41) is 0. The summed E-state index contributed by atoms with van der Waals surface area (Å²) >= 11 is 0. The quantitative estimate of drug-likeness (QED) is 0.622. The molecule has 0 aromatic heterocycles. The fourth-order valence-corrected chi connectivity index (χ4v) is 5.67. The van der Waals surface area contributed by atoms with Crippen LogP contribution >= 0.6 is 0 Å². The van der Waals surface area contributed by atoms with Crippen molar-refractivity contribution in [3.63, 3.8) is 0 Å². The molecule has 1 aliphatic heterocycles. The minimum absolute atomic E-state index is 0.444. The number of ketones is 1. The molecule has 2 bridgehead atoms. The standard InChI is InChI=1S/C17H25NO/c1-18-9-8-17-7-3-2-4-14(17)16(18)10-12-5-6-13(19)11-15(12)17/h14,16H,2-11H2,1H3/t14-,16+,17+/m1/s1. The van der Waals surface area contributed by atoms with Crippen LogP contribution in [0.3, 0.4) is 0 Å². The molecular weight excluding hydrogens is 234 g/mol. The van der Waals surface area contributed by atoms with Gasteiger partial charge in [0.2, 0.25) is 0 Å². The van der Waals surface area contributed by atoms with Crippen LogP contribution in [0.15, 0.2) is 11.1 Å². The Morgan fingerprint density at radius 2 is 2.11 bits per heavy atom. The second kappa shape index (κ2) is 4.18. The molecule has 104 valence electrons. The zero-order valence-corrected chi connectivity index (χ0v) is 12.1. The van der Waals surface area contributed by atoms with Gasteiger partial charge in [-0.15, -0.1) is 0 Å². The molecule has 0 unspecified atom stereocenters. The number of Topliss-reactive ketones (excluding diaryl/α,β-unsaturated/α-hetero) is 1. The predicted molar refractivity (Wildman–Crippen MR) is 75.9 cm³/mol. The molecule has 0 aromatic carbocycles. The largest absolute Gasteiger partial charge is 0.303 e. The first-order valence-electron chi connectivity index (χ1n) is 8.14. The lowest BCUT2D eigenvalue weighted by atomic mass is 9.50. The Bertz CT molecular complexity index is 452. The zero-order chi connectivity index (χ0) is 13.0. The van der Waals surface area contributed by atoms with Crippen molar-refractivity contribution in [3.05, 3.63) is 11.1 Å². The van der Waals surface area contributed by atoms with Gasteiger partial charge in [0.25, 0.3) is 0 Å². The van der Waals surface area contributed by atoms with Gasteiger partial charge in [0.05, 0.1) is 0 Å². The van der Waals surface area contributed by atoms with Crippen LogP contribution in [0, 0.1) is 11.3 Å². The van der Waals surface area contributed by atoms with Gasteiger partial charge in [0, 0.05) is 18.9 Å². The van der Waals surface area contributed by atoms with Gasteiger partial charge in [-0.1, -0.05) is 24.0 Å². The van der Waals surface area contributed by atoms with Crippen LogP contribution in [0.4, 0.5) is 0 Å². The maximum Gasteiger partial charge on any atom is 0.137 e. The second-order valence-corrected chi connectivity index (χ2v) is 7.31. The first-order chi connectivity index (χ1) is 9.21. The molecule has 0 amide bonds. The molecule has 4 aliphatic rings. The normalized spacial score (nSPS) is 42.9. The fourth-order valence-electron chi connectivity index (χ4n) is 5.67. The number of carbonyl (C=O) groups excluding carboxylic acids is 1. The third-order valence-corrected chi connectivity index (χ3v) is 6.60. The molecule has 0 aromatic rings. The number of likely N-dealkylation sites (tertiary alicyclic amines) is 1. The van der Waals surface area contributed by atoms with Gasteiger partial charge in [-0.05, 0) is 57.0 Å². The summed E-state index contributed by atoms with van der Waals surface area (Å²) in [6, 6.07) is 0.779. The monoisotopic (exact) mass is 259 g/mol. The zero-order valence-electron chi connectivity index (χ0n) is 12.1. The van der Waals surface area contributed by atoms with Gasteiger partial charge in [-0.3, -0.25) is 4.79 Å². The molecule has 2 fully saturated rings. The van der Waals surface area contributed by atoms with Crippen molar-refractivity contribution in [2.75, 3.05) is 13.6 Å². The Balaban J connectivity index is 1.82. The topological polar surface area (TPSA) is 20.3 Å². The van der Waals surface area contributed by atoms with E-state index in [9.17, 15) is 4.79 Å². The van der Waals surface area contributed by atoms with Crippen molar-refractivity contribution in [2.24, 2.45) is 11.3 Å². The Hall–Kier alpha value is -0.630. The van der Waals surface area contributed by atoms with E-state index in [1.807, 2.05) is 0 Å². The van der Waals surface area contributed by atoms with Crippen molar-refractivity contribution in [2.45, 2.75) is 63.8 Å². The van der Waals surface area contributed by atoms with Crippen LogP contribution in [-0.2, 0) is 4.79 Å². The molecule has 2 heteroatoms. The summed E-state index contributed by atoms with van der Waals surface area (Å²) < 4.78 is 0. The molecule has 3 atom stereocenters. The third-order valence-electron chi connectivity index (χ3n) is 6.60. The average Bonchev–Trinajstić information content (AvgIpc) is 2.43. The van der Waals surface area contributed by atoms with E-state index in [1.54, 1.807) is 11.1 Å². The maximum atomic E-state index is 12.0. The van der Waals surface area contributed by atoms with Gasteiger partial charge in [0.15, 0.2) is 0 Å². The van der Waals surface area contributed by atoms with Gasteiger partial charge < -0.3 is 4.90 Å². The van der Waals surface area contributed by atoms with Crippen molar-refractivity contribution < 1.29 is 4.79 Å². The van der Waals surface area contributed by atoms with Crippen molar-refractivity contribution >= 4 is 5.78 Å². The van der Waals surface area contributed by atoms with Gasteiger partial charge >= 0.3 is 0 Å². The molecular formula is C17H25NO. The molecule has 1 saturated heterocycles. The summed E-state index contributed by atoms with van der Waals surface area (Å²) in [5.74, 6) is 1.36. The predicted octanol–water partition coefficient (Wildman–Crippen LogP) is 3.32. The molecule has 0 radical (unpaired) electrons. The first-order valence-corrected chi connectivity index (χ1v) is 8.14. The van der Waals surface area contributed by atoms with Crippen LogP contribution < -0.4 is 0 Å². The molecule has 1 heterocycles. The number of hydrogen-bond donors (Lipinski definition) is 0. The summed E-state index contributed by atoms with van der Waals surface area (Å²) in [4.78, 5) is 14.6. The Morgan fingerprint density at radius 3 is 3.00 bits per heavy atom. The van der Waals surface area contributed by atoms with E-state index in [2.05, 4.69) is 11.9 Å². The average molecular weight is 259 g/mol. The lowest BCUT2D eigenvalue weighted by Crippen LogP contribution is -2.58. The van der Waals surface area contributed by atoms with Gasteiger partial charge in [0.1, 0.15) is 5.78 Å². The van der Waals surface area contributed by atoms with Crippen molar-refractivity contribution in [1.29, 1.82) is 0 Å². The summed E-state index contributed by atoms with van der Waals surface area (Å²) in [6.07, 6.45) is 10.9. The van der Waals surface area contributed by atoms with Gasteiger partial charge in [-0.2, -0.15) is 0 Å². The molecule has 4 rings (SSSR count). The first kappa shape index (κ1) is 12.1. The second-order valence-electron chi connectivity index (χ2n) is 7.31. The number of allylic oxidation sites excluding steroid dienone is 1. The van der Waals surface area contributed by atoms with E-state index < -0.39 is 0 Å². The Kier molecular flexibility index (Phi) is 2.67. The summed E-state index contributed by atoms with van der Waals surface area (Å²) in [6.45, 7) is 1.24. The maximum absolute atomic E-state index is 12.0. The number of nitrogens with zero attached hydrogens (tertiary/aromatic N) is 1. The van der Waals surface area contributed by atoms with E-state index >= 15 is 0 Å². The highest BCUT2D eigenvalue weighted by atomic mass is 16.1. The number of piperidine rings is 1. The van der Waals surface area contributed by atoms with Crippen LogP contribution in [0.5, 0.6) is 0 Å². The minimum atomic E-state index is 0.444. The molecule has 0 N–H and O–H groups in total. The van der Waals surface area contributed by atoms with Crippen LogP contribution in [0.2, 0.25) is 0 Å². The minimum Gasteiger partial charge on any atom is -0.303 e. The fraction of sp³-hybridized carbons (Fsp3) is 0.824. The number of carbonyl (C=O) groups is 1. The highest BCUT2D eigenvalue weighted by molar-refractivity contribution is 5.83. The van der Waals surface area contributed by atoms with E-state index in [4.69, 9.17) is 0 Å². The number of hydrogen-bond acceptors (Lipinski definition) is 2. The molecule has 0 spiro atoms. The van der Waals surface area contributed by atoms with Crippen molar-refractivity contribution in [1.82, 2.24) is 4.90 Å². The summed E-state index contributed by atoms with van der Waals surface area (Å²) in [5.41, 5.74) is 3.77. The van der Waals surface area contributed by atoms with E-state index in [1.165, 1.54) is 45.1 Å². The van der Waals surface area contributed by atoms with E-state index in [-0.39, 0.29) is 0 Å². The van der Waals surface area contributed by atoms with Gasteiger partial charge in [-0.25, -0.2) is 0 Å². The molecule has 19 heavy (non-hydrogen) atoms. The van der Waals surface area contributed by atoms with Crippen LogP contribution in [0.1, 0.15) is 57.8 Å². The third kappa shape index (κ3) is 1.62. The molecule has 2 nitrogen and oxygen atoms in total. The highest BCUT2D eigenvalue weighted by Gasteiger charge is 2.54. The highest BCUT2D eigenvalue weighted by Crippen LogP contribution is 2.60. The van der Waals surface area contributed by atoms with Crippen LogP contribution in [0.25, 0.3) is 0 Å². The van der Waals surface area contributed by atoms with E-state index in [0.29, 0.717) is 11.2 Å². The smallest absolute Gasteiger partial charge is 0.137 e. The molecule has 3 aliphatic carbocycles. The van der Waals surface area contributed by atoms with Crippen LogP contribution in [-0.4, -0.2) is 30.3 Å². The Labute approximate surface area is 116 Å². The van der Waals surface area contributed by atoms with Crippen molar-refractivity contribution in [3.8, 4) is 0 Å². The molecule has 1 saturated carbocycles.